The fraction of sp³-hybridized carbons (Fsp3) is 0.111. The summed E-state index contributed by atoms with van der Waals surface area (Å²) in [5.74, 6) is 47.6. The first kappa shape index (κ1) is 78.8. The predicted octanol–water partition coefficient (Wildman–Crippen LogP) is 28.6. The topological polar surface area (TPSA) is 0 Å². The molecule has 0 amide bonds. The van der Waals surface area contributed by atoms with E-state index in [9.17, 15) is 0 Å². The Bertz CT molecular complexity index is 5060. The molecule has 12 aromatic rings. The van der Waals surface area contributed by atoms with Crippen LogP contribution < -0.4 is 0 Å². The molecule has 504 valence electrons. The van der Waals surface area contributed by atoms with Crippen molar-refractivity contribution in [1.82, 2.24) is 0 Å². The molecule has 0 unspecified atom stereocenters. The molecule has 0 saturated heterocycles. The highest BCUT2D eigenvalue weighted by Gasteiger charge is 2.24. The molecule has 0 nitrogen and oxygen atoms in total. The van der Waals surface area contributed by atoms with E-state index in [-0.39, 0.29) is 0 Å². The van der Waals surface area contributed by atoms with E-state index in [0.717, 1.165) is 43.9 Å². The van der Waals surface area contributed by atoms with Gasteiger partial charge < -0.3 is 0 Å². The third-order valence-corrected chi connectivity index (χ3v) is 27.8. The second-order valence-corrected chi connectivity index (χ2v) is 51.1. The molecule has 9 heterocycles. The minimum atomic E-state index is -1.60. The molecule has 0 N–H and O–H groups in total. The Kier molecular flexibility index (Phi) is 27.9. The summed E-state index contributed by atoms with van der Waals surface area (Å²) < 4.78 is 0. The van der Waals surface area contributed by atoms with Crippen LogP contribution in [0, 0.1) is 105 Å². The molecule has 12 rings (SSSR count). The zero-order chi connectivity index (χ0) is 72.9. The summed E-state index contributed by atoms with van der Waals surface area (Å²) in [4.78, 5) is 12.6. The van der Waals surface area contributed by atoms with Gasteiger partial charge in [0.25, 0.3) is 0 Å². The summed E-state index contributed by atoms with van der Waals surface area (Å²) in [6.07, 6.45) is 0. The lowest BCUT2D eigenvalue weighted by Gasteiger charge is -2.12. The van der Waals surface area contributed by atoms with E-state index in [2.05, 4.69) is 217 Å². The highest BCUT2D eigenvalue weighted by molar-refractivity contribution is 7.23. The molecule has 0 aliphatic carbocycles. The predicted molar refractivity (Wildman–Crippen MR) is 467 cm³/mol. The van der Waals surface area contributed by atoms with E-state index in [1.54, 1.807) is 102 Å². The van der Waals surface area contributed by atoms with Gasteiger partial charge in [0.1, 0.15) is 24.2 Å². The standard InChI is InChI=1S/C36H15Cl3S6.C24H9Cl3S3.C21H27Cl3Si3/c37-34-25(13-7-22-10-16-31(43-22)28-4-1-19-40-28)35(38)27(15-9-24-12-18-33(45-24)30-6-3-21-42-30)36(39)26(34)14-8-23-11-17-32(44-23)29-5-2-20-41-29;25-22-19(10-7-16-4-1-13-28-16)23(26)21(12-9-18-6-3-15-30-18)24(27)20(22)11-8-17-5-2-14-29-17;1-25(2,3)13-10-16-19(22)17(11-14-26(4,5)6)21(24)18(20(16)23)12-15-27(7,8)9/h1-6,10-12,16-21H;1-6,13-15H;1-9H3. The van der Waals surface area contributed by atoms with Crippen LogP contribution in [0.2, 0.25) is 104 Å². The third-order valence-electron chi connectivity index (χ3n) is 13.2. The molecule has 21 heteroatoms. The van der Waals surface area contributed by atoms with Crippen molar-refractivity contribution in [2.75, 3.05) is 0 Å². The van der Waals surface area contributed by atoms with Gasteiger partial charge in [0, 0.05) is 29.3 Å². The number of rotatable bonds is 3. The highest BCUT2D eigenvalue weighted by Crippen LogP contribution is 2.42. The van der Waals surface area contributed by atoms with Crippen LogP contribution in [-0.4, -0.2) is 24.2 Å². The first-order chi connectivity index (χ1) is 48.7. The molecule has 0 aliphatic rings. The number of benzene rings is 3. The fourth-order valence-corrected chi connectivity index (χ4v) is 19.7. The van der Waals surface area contributed by atoms with Gasteiger partial charge in [-0.2, -0.15) is 0 Å². The molecule has 0 radical (unpaired) electrons. The van der Waals surface area contributed by atoms with Crippen LogP contribution in [0.3, 0.4) is 0 Å². The first-order valence-corrected chi connectivity index (χ1v) is 52.2. The average Bonchev–Trinajstić information content (AvgIpc) is 0.998. The lowest BCUT2D eigenvalue weighted by molar-refractivity contribution is 1.55. The molecular weight excluding hydrogens is 1660 g/mol. The van der Waals surface area contributed by atoms with E-state index >= 15 is 0 Å². The van der Waals surface area contributed by atoms with Gasteiger partial charge >= 0.3 is 0 Å². The largest absolute Gasteiger partial charge is 0.143 e. The second kappa shape index (κ2) is 36.0. The van der Waals surface area contributed by atoms with Crippen molar-refractivity contribution < 1.29 is 0 Å². The zero-order valence-electron chi connectivity index (χ0n) is 55.4. The molecule has 9 aromatic heterocycles. The molecule has 3 aromatic carbocycles. The zero-order valence-corrected chi connectivity index (χ0v) is 72.6. The second-order valence-electron chi connectivity index (χ2n) is 24.6. The van der Waals surface area contributed by atoms with E-state index in [1.165, 1.54) is 14.6 Å². The maximum atomic E-state index is 6.97. The summed E-state index contributed by atoms with van der Waals surface area (Å²) in [6.45, 7) is 19.6. The van der Waals surface area contributed by atoms with Crippen LogP contribution in [0.4, 0.5) is 0 Å². The summed E-state index contributed by atoms with van der Waals surface area (Å²) in [6, 6.07) is 36.3. The fourth-order valence-electron chi connectivity index (χ4n) is 8.39. The van der Waals surface area contributed by atoms with E-state index in [4.69, 9.17) is 104 Å². The van der Waals surface area contributed by atoms with Gasteiger partial charge in [-0.25, -0.2) is 0 Å². The Morgan fingerprint density at radius 1 is 0.206 bits per heavy atom. The molecule has 0 saturated carbocycles. The van der Waals surface area contributed by atoms with Gasteiger partial charge in [0.2, 0.25) is 0 Å². The van der Waals surface area contributed by atoms with E-state index in [1.807, 2.05) is 88.9 Å². The number of hydrogen-bond acceptors (Lipinski definition) is 9. The van der Waals surface area contributed by atoms with Crippen molar-refractivity contribution in [3.63, 3.8) is 0 Å². The maximum Gasteiger partial charge on any atom is 0.129 e. The lowest BCUT2D eigenvalue weighted by atomic mass is 10.0. The first-order valence-electron chi connectivity index (χ1n) is 30.5. The van der Waals surface area contributed by atoms with Crippen molar-refractivity contribution in [3.8, 4) is 135 Å². The quantitative estimate of drug-likeness (QED) is 0.122. The summed E-state index contributed by atoms with van der Waals surface area (Å²) in [5.41, 5.74) is 14.6. The van der Waals surface area contributed by atoms with Gasteiger partial charge in [-0.1, -0.05) is 289 Å². The van der Waals surface area contributed by atoms with Crippen molar-refractivity contribution in [3.05, 3.63) is 266 Å². The van der Waals surface area contributed by atoms with Crippen molar-refractivity contribution >= 4 is 231 Å². The average molecular weight is 1720 g/mol. The van der Waals surface area contributed by atoms with Crippen LogP contribution in [0.1, 0.15) is 79.3 Å². The SMILES string of the molecule is C[Si](C)(C)C#Cc1c(Cl)c(C#C[Si](C)(C)C)c(Cl)c(C#C[Si](C)(C)C)c1Cl.Clc1c(C#Cc2ccc(-c3cccs3)s2)c(Cl)c(C#Cc2ccc(-c3cccs3)s2)c(Cl)c1C#Cc1ccc(-c2cccs2)s1.Clc1c(C#Cc2cccs2)c(Cl)c(C#Cc2cccs2)c(Cl)c1C#Cc1cccs1. The molecule has 0 aliphatic heterocycles. The van der Waals surface area contributed by atoms with Crippen LogP contribution in [0.5, 0.6) is 0 Å². The van der Waals surface area contributed by atoms with Gasteiger partial charge in [-0.05, 0) is 105 Å². The molecule has 102 heavy (non-hydrogen) atoms. The van der Waals surface area contributed by atoms with Crippen LogP contribution in [-0.2, 0) is 0 Å². The summed E-state index contributed by atoms with van der Waals surface area (Å²) >= 11 is 75.4. The van der Waals surface area contributed by atoms with Gasteiger partial charge in [-0.3, -0.25) is 0 Å². The molecule has 0 atom stereocenters. The summed E-state index contributed by atoms with van der Waals surface area (Å²) in [7, 11) is -4.80. The smallest absolute Gasteiger partial charge is 0.129 e. The minimum Gasteiger partial charge on any atom is -0.143 e. The van der Waals surface area contributed by atoms with Crippen molar-refractivity contribution in [1.29, 1.82) is 0 Å². The van der Waals surface area contributed by atoms with Crippen LogP contribution in [0.25, 0.3) is 29.3 Å². The molecule has 0 spiro atoms. The highest BCUT2D eigenvalue weighted by atomic mass is 35.5. The lowest BCUT2D eigenvalue weighted by Crippen LogP contribution is -2.17. The Labute approximate surface area is 682 Å². The van der Waals surface area contributed by atoms with Gasteiger partial charge in [-0.15, -0.1) is 119 Å². The third kappa shape index (κ3) is 21.5. The van der Waals surface area contributed by atoms with Crippen LogP contribution >= 0.6 is 206 Å². The number of halogens is 9. The number of hydrogen-bond donors (Lipinski definition) is 0. The minimum absolute atomic E-state index is 0.316. The Hall–Kier alpha value is -5.74. The van der Waals surface area contributed by atoms with E-state index < -0.39 is 24.2 Å². The maximum absolute atomic E-state index is 6.97. The molecule has 0 fully saturated rings. The van der Waals surface area contributed by atoms with Crippen molar-refractivity contribution in [2.24, 2.45) is 0 Å². The Morgan fingerprint density at radius 2 is 0.402 bits per heavy atom. The summed E-state index contributed by atoms with van der Waals surface area (Å²) in [5, 5.41) is 15.3. The normalized spacial score (nSPS) is 10.5. The number of thiophene rings is 9. The van der Waals surface area contributed by atoms with Gasteiger partial charge in [0.15, 0.2) is 0 Å². The van der Waals surface area contributed by atoms with E-state index in [0.29, 0.717) is 95.3 Å². The van der Waals surface area contributed by atoms with Crippen LogP contribution in [0.15, 0.2) is 141 Å². The Morgan fingerprint density at radius 3 is 0.588 bits per heavy atom. The molecular formula is C81H51Cl9S9Si3. The Balaban J connectivity index is 0.000000173. The monoisotopic (exact) mass is 1710 g/mol. The van der Waals surface area contributed by atoms with Crippen molar-refractivity contribution in [2.45, 2.75) is 58.9 Å². The molecule has 0 bridgehead atoms. The van der Waals surface area contributed by atoms with Gasteiger partial charge in [0.05, 0.1) is 125 Å².